The number of H-pyrrole nitrogens is 1. The second-order valence-corrected chi connectivity index (χ2v) is 10.2. The maximum absolute atomic E-state index is 13.5. The molecule has 206 valence electrons. The van der Waals surface area contributed by atoms with Crippen LogP contribution in [0.4, 0.5) is 11.5 Å². The van der Waals surface area contributed by atoms with E-state index in [9.17, 15) is 9.59 Å². The molecule has 4 aromatic rings. The van der Waals surface area contributed by atoms with Crippen molar-refractivity contribution in [2.45, 2.75) is 38.1 Å². The monoisotopic (exact) mass is 539 g/mol. The fraction of sp³-hybridized carbons (Fsp3) is 0.310. The molecule has 2 heterocycles. The van der Waals surface area contributed by atoms with E-state index in [4.69, 9.17) is 11.5 Å². The highest BCUT2D eigenvalue weighted by atomic mass is 16.2. The van der Waals surface area contributed by atoms with E-state index in [0.29, 0.717) is 36.2 Å². The third kappa shape index (κ3) is 6.49. The average molecular weight is 540 g/mol. The van der Waals surface area contributed by atoms with E-state index in [2.05, 4.69) is 36.2 Å². The summed E-state index contributed by atoms with van der Waals surface area (Å²) in [5, 5.41) is 19.9. The normalized spacial score (nSPS) is 17.6. The minimum Gasteiger partial charge on any atom is -0.383 e. The van der Waals surface area contributed by atoms with Gasteiger partial charge in [-0.25, -0.2) is 4.98 Å². The molecule has 0 saturated heterocycles. The predicted octanol–water partition coefficient (Wildman–Crippen LogP) is 2.94. The fourth-order valence-corrected chi connectivity index (χ4v) is 5.09. The van der Waals surface area contributed by atoms with Crippen LogP contribution in [0.2, 0.25) is 0 Å². The Morgan fingerprint density at radius 3 is 2.35 bits per heavy atom. The van der Waals surface area contributed by atoms with E-state index in [1.807, 2.05) is 36.4 Å². The van der Waals surface area contributed by atoms with Gasteiger partial charge < -0.3 is 22.1 Å². The Kier molecular flexibility index (Phi) is 8.41. The van der Waals surface area contributed by atoms with Gasteiger partial charge in [0.1, 0.15) is 11.9 Å². The van der Waals surface area contributed by atoms with Gasteiger partial charge in [-0.15, -0.1) is 10.2 Å². The number of carbonyl (C=O) groups excluding carboxylic acids is 2. The van der Waals surface area contributed by atoms with Gasteiger partial charge in [0, 0.05) is 35.3 Å². The molecular weight excluding hydrogens is 506 g/mol. The third-order valence-corrected chi connectivity index (χ3v) is 7.48. The van der Waals surface area contributed by atoms with Crippen molar-refractivity contribution in [3.8, 4) is 22.5 Å². The second kappa shape index (κ2) is 12.5. The van der Waals surface area contributed by atoms with Crippen LogP contribution in [0.5, 0.6) is 0 Å². The molecule has 0 bridgehead atoms. The standard InChI is InChI=1S/C29H33N9O2/c30-17-19-5-9-22(10-6-19)28(39)34-25(16-18-3-7-20(8-4-18)24-2-1-15-32-26(24)31)29(40)33-23-13-11-21(12-14-23)27-35-37-38-36-27/h1-4,7-8,11-15,19,22,25H,5-6,9-10,16-17,30H2,(H2,31,32)(H,33,40)(H,34,39)(H,35,36,37,38)/t19?,22?,25-/m0/s1. The van der Waals surface area contributed by atoms with Gasteiger partial charge in [0.15, 0.2) is 0 Å². The predicted molar refractivity (Wildman–Crippen MR) is 152 cm³/mol. The number of anilines is 2. The molecule has 2 aromatic heterocycles. The van der Waals surface area contributed by atoms with Crippen LogP contribution in [-0.4, -0.2) is 50.0 Å². The fourth-order valence-electron chi connectivity index (χ4n) is 5.09. The number of tetrazole rings is 1. The van der Waals surface area contributed by atoms with Crippen LogP contribution in [0.3, 0.4) is 0 Å². The maximum Gasteiger partial charge on any atom is 0.247 e. The highest BCUT2D eigenvalue weighted by Crippen LogP contribution is 2.29. The Morgan fingerprint density at radius 1 is 0.975 bits per heavy atom. The van der Waals surface area contributed by atoms with Gasteiger partial charge in [-0.1, -0.05) is 24.3 Å². The molecule has 1 aliphatic carbocycles. The number of hydrogen-bond donors (Lipinski definition) is 5. The number of nitrogen functional groups attached to an aromatic ring is 1. The lowest BCUT2D eigenvalue weighted by molar-refractivity contribution is -0.130. The number of rotatable bonds is 9. The third-order valence-electron chi connectivity index (χ3n) is 7.48. The Bertz CT molecular complexity index is 1410. The summed E-state index contributed by atoms with van der Waals surface area (Å²) in [6.07, 6.45) is 5.40. The smallest absolute Gasteiger partial charge is 0.247 e. The zero-order valence-corrected chi connectivity index (χ0v) is 22.1. The quantitative estimate of drug-likeness (QED) is 0.215. The second-order valence-electron chi connectivity index (χ2n) is 10.2. The summed E-state index contributed by atoms with van der Waals surface area (Å²) in [4.78, 5) is 30.9. The van der Waals surface area contributed by atoms with Crippen LogP contribution in [-0.2, 0) is 16.0 Å². The van der Waals surface area contributed by atoms with Gasteiger partial charge >= 0.3 is 0 Å². The highest BCUT2D eigenvalue weighted by molar-refractivity contribution is 5.97. The zero-order valence-electron chi connectivity index (χ0n) is 22.1. The Hall–Kier alpha value is -4.64. The minimum atomic E-state index is -0.758. The molecule has 40 heavy (non-hydrogen) atoms. The first-order valence-corrected chi connectivity index (χ1v) is 13.4. The van der Waals surface area contributed by atoms with E-state index < -0.39 is 6.04 Å². The van der Waals surface area contributed by atoms with Crippen molar-refractivity contribution in [2.75, 3.05) is 17.6 Å². The van der Waals surface area contributed by atoms with Gasteiger partial charge in [0.05, 0.1) is 0 Å². The molecule has 1 fully saturated rings. The number of benzene rings is 2. The minimum absolute atomic E-state index is 0.0946. The summed E-state index contributed by atoms with van der Waals surface area (Å²) in [6.45, 7) is 0.644. The van der Waals surface area contributed by atoms with Gasteiger partial charge in [-0.05, 0) is 90.9 Å². The molecule has 2 aromatic carbocycles. The summed E-state index contributed by atoms with van der Waals surface area (Å²) in [7, 11) is 0. The first-order valence-electron chi connectivity index (χ1n) is 13.4. The van der Waals surface area contributed by atoms with E-state index in [-0.39, 0.29) is 17.7 Å². The Balaban J connectivity index is 1.30. The summed E-state index contributed by atoms with van der Waals surface area (Å²) >= 11 is 0. The average Bonchev–Trinajstić information content (AvgIpc) is 3.53. The van der Waals surface area contributed by atoms with Crippen molar-refractivity contribution in [1.29, 1.82) is 0 Å². The van der Waals surface area contributed by atoms with Crippen molar-refractivity contribution < 1.29 is 9.59 Å². The molecule has 1 aliphatic rings. The molecule has 7 N–H and O–H groups in total. The summed E-state index contributed by atoms with van der Waals surface area (Å²) < 4.78 is 0. The van der Waals surface area contributed by atoms with E-state index in [1.165, 1.54) is 0 Å². The Labute approximate surface area is 232 Å². The molecule has 0 unspecified atom stereocenters. The van der Waals surface area contributed by atoms with Crippen LogP contribution >= 0.6 is 0 Å². The first-order chi connectivity index (χ1) is 19.5. The molecule has 0 aliphatic heterocycles. The van der Waals surface area contributed by atoms with Gasteiger partial charge in [0.2, 0.25) is 17.6 Å². The molecule has 1 saturated carbocycles. The maximum atomic E-state index is 13.5. The van der Waals surface area contributed by atoms with Crippen LogP contribution in [0.15, 0.2) is 66.9 Å². The number of nitrogens with two attached hydrogens (primary N) is 2. The number of aromatic amines is 1. The van der Waals surface area contributed by atoms with Crippen LogP contribution in [0.1, 0.15) is 31.2 Å². The SMILES string of the molecule is NCC1CCC(C(=O)N[C@@H](Cc2ccc(-c3cccnc3N)cc2)C(=O)Nc2ccc(-c3nn[nH]n3)cc2)CC1. The van der Waals surface area contributed by atoms with Crippen molar-refractivity contribution in [3.05, 3.63) is 72.4 Å². The number of hydrogen-bond acceptors (Lipinski definition) is 8. The van der Waals surface area contributed by atoms with Gasteiger partial charge in [-0.3, -0.25) is 9.59 Å². The lowest BCUT2D eigenvalue weighted by atomic mass is 9.81. The molecule has 11 nitrogen and oxygen atoms in total. The number of pyridine rings is 1. The highest BCUT2D eigenvalue weighted by Gasteiger charge is 2.29. The van der Waals surface area contributed by atoms with Crippen molar-refractivity contribution >= 4 is 23.3 Å². The molecule has 1 atom stereocenters. The summed E-state index contributed by atoms with van der Waals surface area (Å²) in [5.41, 5.74) is 15.9. The number of nitrogens with zero attached hydrogens (tertiary/aromatic N) is 4. The number of nitrogens with one attached hydrogen (secondary N) is 3. The molecule has 0 spiro atoms. The Morgan fingerprint density at radius 2 is 1.70 bits per heavy atom. The molecule has 5 rings (SSSR count). The number of amides is 2. The van der Waals surface area contributed by atoms with Crippen LogP contribution in [0, 0.1) is 11.8 Å². The topological polar surface area (TPSA) is 178 Å². The number of aromatic nitrogens is 5. The van der Waals surface area contributed by atoms with E-state index in [1.54, 1.807) is 30.5 Å². The lowest BCUT2D eigenvalue weighted by Crippen LogP contribution is -2.48. The molecule has 11 heteroatoms. The van der Waals surface area contributed by atoms with Crippen molar-refractivity contribution in [3.63, 3.8) is 0 Å². The van der Waals surface area contributed by atoms with E-state index in [0.717, 1.165) is 47.9 Å². The van der Waals surface area contributed by atoms with Crippen molar-refractivity contribution in [2.24, 2.45) is 17.6 Å². The van der Waals surface area contributed by atoms with Crippen LogP contribution in [0.25, 0.3) is 22.5 Å². The largest absolute Gasteiger partial charge is 0.383 e. The summed E-state index contributed by atoms with van der Waals surface area (Å²) in [5.74, 6) is 0.868. The number of carbonyl (C=O) groups is 2. The molecule has 0 radical (unpaired) electrons. The van der Waals surface area contributed by atoms with Crippen LogP contribution < -0.4 is 22.1 Å². The lowest BCUT2D eigenvalue weighted by Gasteiger charge is -2.28. The van der Waals surface area contributed by atoms with Gasteiger partial charge in [-0.2, -0.15) is 5.21 Å². The van der Waals surface area contributed by atoms with E-state index >= 15 is 0 Å². The zero-order chi connectivity index (χ0) is 27.9. The summed E-state index contributed by atoms with van der Waals surface area (Å²) in [6, 6.07) is 17.9. The first kappa shape index (κ1) is 26.9. The van der Waals surface area contributed by atoms with Crippen molar-refractivity contribution in [1.82, 2.24) is 30.9 Å². The van der Waals surface area contributed by atoms with Gasteiger partial charge in [0.25, 0.3) is 0 Å². The molecular formula is C29H33N9O2. The molecule has 2 amide bonds.